The number of aromatic nitrogens is 1. The molecule has 0 spiro atoms. The molecule has 1 aliphatic carbocycles. The number of carbonyl (C=O) groups is 4. The highest BCUT2D eigenvalue weighted by Gasteiger charge is 2.22. The Labute approximate surface area is 238 Å². The highest BCUT2D eigenvalue weighted by Crippen LogP contribution is 2.24. The fraction of sp³-hybridized carbons (Fsp3) is 0.520. The predicted octanol–water partition coefficient (Wildman–Crippen LogP) is 2.21. The Morgan fingerprint density at radius 1 is 1.16 bits per heavy atom. The van der Waals surface area contributed by atoms with Gasteiger partial charge in [-0.1, -0.05) is 37.6 Å². The lowest BCUT2D eigenvalue weighted by atomic mass is 9.88. The first kappa shape index (κ1) is 35.1. The molecule has 2 rings (SSSR count). The lowest BCUT2D eigenvalue weighted by Gasteiger charge is -2.25. The molecule has 0 bridgehead atoms. The maximum Gasteiger partial charge on any atom is 0.314 e. The number of nitrogens with two attached hydrogens (primary N) is 2. The number of hydrogen-bond acceptors (Lipinski definition) is 7. The Hall–Kier alpha value is -2.90. The molecule has 0 radical (unpaired) electrons. The van der Waals surface area contributed by atoms with E-state index in [0.717, 1.165) is 42.5 Å². The van der Waals surface area contributed by atoms with Crippen LogP contribution in [0.1, 0.15) is 52.4 Å². The summed E-state index contributed by atoms with van der Waals surface area (Å²) in [4.78, 5) is 49.1. The summed E-state index contributed by atoms with van der Waals surface area (Å²) in [5.41, 5.74) is 10.6. The molecule has 1 saturated carbocycles. The fourth-order valence-corrected chi connectivity index (χ4v) is 3.56. The minimum Gasteiger partial charge on any atom is -0.364 e. The van der Waals surface area contributed by atoms with E-state index in [0.29, 0.717) is 11.8 Å². The summed E-state index contributed by atoms with van der Waals surface area (Å²) in [6.45, 7) is 5.58. The molecule has 1 fully saturated rings. The number of nitrogens with one attached hydrogen (secondary N) is 3. The summed E-state index contributed by atoms with van der Waals surface area (Å²) in [5.74, 6) is -1.54. The maximum absolute atomic E-state index is 11.7. The van der Waals surface area contributed by atoms with Gasteiger partial charge < -0.3 is 32.3 Å². The molecule has 1 aliphatic rings. The third kappa shape index (κ3) is 15.4. The number of primary amides is 2. The molecule has 11 nitrogen and oxygen atoms in total. The van der Waals surface area contributed by atoms with E-state index in [1.165, 1.54) is 25.5 Å². The van der Waals surface area contributed by atoms with Crippen LogP contribution in [-0.4, -0.2) is 65.7 Å². The van der Waals surface area contributed by atoms with Crippen LogP contribution in [0.3, 0.4) is 0 Å². The van der Waals surface area contributed by atoms with Crippen LogP contribution in [0, 0.1) is 5.92 Å². The average molecular weight is 615 g/mol. The number of hydrogen-bond donors (Lipinski definition) is 5. The van der Waals surface area contributed by atoms with Crippen molar-refractivity contribution in [3.63, 3.8) is 0 Å². The van der Waals surface area contributed by atoms with Crippen LogP contribution in [0.25, 0.3) is 0 Å². The number of carbonyl (C=O) groups excluding carboxylic acids is 4. The SMILES string of the molecule is C/C=C(\CCNC)NC(=S)C(N)=O.CCN(C)C(=O)C1CCCCC1.NC(=O)C(=O)Nc1ccc(Br)cn1. The number of anilines is 1. The van der Waals surface area contributed by atoms with E-state index in [1.54, 1.807) is 12.1 Å². The lowest BCUT2D eigenvalue weighted by Crippen LogP contribution is -2.34. The second kappa shape index (κ2) is 20.1. The second-order valence-corrected chi connectivity index (χ2v) is 9.68. The molecule has 38 heavy (non-hydrogen) atoms. The molecule has 0 aliphatic heterocycles. The summed E-state index contributed by atoms with van der Waals surface area (Å²) >= 11 is 7.90. The van der Waals surface area contributed by atoms with Crippen LogP contribution in [0.2, 0.25) is 0 Å². The van der Waals surface area contributed by atoms with E-state index in [9.17, 15) is 19.2 Å². The average Bonchev–Trinajstić information content (AvgIpc) is 2.92. The number of pyridine rings is 1. The third-order valence-corrected chi connectivity index (χ3v) is 6.26. The molecule has 1 heterocycles. The van der Waals surface area contributed by atoms with Gasteiger partial charge in [0.1, 0.15) is 5.82 Å². The first-order chi connectivity index (χ1) is 18.0. The number of nitrogens with zero attached hydrogens (tertiary/aromatic N) is 2. The zero-order valence-corrected chi connectivity index (χ0v) is 24.9. The summed E-state index contributed by atoms with van der Waals surface area (Å²) in [6.07, 6.45) is 10.2. The van der Waals surface area contributed by atoms with Crippen LogP contribution < -0.4 is 27.4 Å². The molecule has 1 aromatic heterocycles. The van der Waals surface area contributed by atoms with Crippen LogP contribution in [0.5, 0.6) is 0 Å². The summed E-state index contributed by atoms with van der Waals surface area (Å²) in [5, 5.41) is 8.00. The monoisotopic (exact) mass is 613 g/mol. The van der Waals surface area contributed by atoms with Gasteiger partial charge in [-0.15, -0.1) is 0 Å². The van der Waals surface area contributed by atoms with Crippen LogP contribution >= 0.6 is 28.1 Å². The van der Waals surface area contributed by atoms with E-state index in [2.05, 4.69) is 36.9 Å². The number of allylic oxidation sites excluding steroid dienone is 1. The van der Waals surface area contributed by atoms with Crippen molar-refractivity contribution in [1.82, 2.24) is 20.5 Å². The summed E-state index contributed by atoms with van der Waals surface area (Å²) < 4.78 is 0.782. The van der Waals surface area contributed by atoms with Gasteiger partial charge in [0.25, 0.3) is 5.91 Å². The minimum absolute atomic E-state index is 0.0594. The molecule has 13 heteroatoms. The standard InChI is InChI=1S/C10H19NO.C8H15N3OS.C7H6BrN3O2/c1-3-11(2)10(12)9-7-5-4-6-8-9;1-3-6(4-5-10-2)11-8(13)7(9)12;8-4-1-2-5(10-3-4)11-7(13)6(9)12/h9H,3-8H2,1-2H3;3,10H,4-5H2,1-2H3,(H2,9,12)(H,11,13);1-3H,(H2,9,12)(H,10,11,13)/b;6-3+;. The molecule has 0 aromatic carbocycles. The summed E-state index contributed by atoms with van der Waals surface area (Å²) in [7, 11) is 3.76. The Balaban J connectivity index is 0.000000541. The molecule has 1 aromatic rings. The van der Waals surface area contributed by atoms with Gasteiger partial charge in [-0.05, 0) is 68.2 Å². The number of halogens is 1. The van der Waals surface area contributed by atoms with Crippen LogP contribution in [0.4, 0.5) is 5.82 Å². The smallest absolute Gasteiger partial charge is 0.314 e. The van der Waals surface area contributed by atoms with E-state index in [4.69, 9.17) is 23.7 Å². The van der Waals surface area contributed by atoms with Crippen molar-refractivity contribution in [3.8, 4) is 0 Å². The quantitative estimate of drug-likeness (QED) is 0.230. The fourth-order valence-electron chi connectivity index (χ4n) is 3.19. The van der Waals surface area contributed by atoms with E-state index in [-0.39, 0.29) is 10.8 Å². The zero-order chi connectivity index (χ0) is 29.1. The van der Waals surface area contributed by atoms with Crippen molar-refractivity contribution in [2.45, 2.75) is 52.4 Å². The van der Waals surface area contributed by atoms with Gasteiger partial charge in [0.2, 0.25) is 5.91 Å². The van der Waals surface area contributed by atoms with E-state index >= 15 is 0 Å². The van der Waals surface area contributed by atoms with Crippen molar-refractivity contribution in [3.05, 3.63) is 34.6 Å². The number of thiocarbonyl (C=S) groups is 1. The van der Waals surface area contributed by atoms with Crippen molar-refractivity contribution in [1.29, 1.82) is 0 Å². The molecular weight excluding hydrogens is 574 g/mol. The van der Waals surface area contributed by atoms with Crippen molar-refractivity contribution in [2.24, 2.45) is 17.4 Å². The Kier molecular flexibility index (Phi) is 18.6. The molecule has 0 unspecified atom stereocenters. The normalized spacial score (nSPS) is 13.0. The largest absolute Gasteiger partial charge is 0.364 e. The van der Waals surface area contributed by atoms with E-state index < -0.39 is 17.7 Å². The predicted molar refractivity (Wildman–Crippen MR) is 157 cm³/mol. The van der Waals surface area contributed by atoms with Gasteiger partial charge in [0, 0.05) is 42.4 Å². The van der Waals surface area contributed by atoms with Gasteiger partial charge in [-0.3, -0.25) is 19.2 Å². The van der Waals surface area contributed by atoms with E-state index in [1.807, 2.05) is 38.9 Å². The van der Waals surface area contributed by atoms with Gasteiger partial charge >= 0.3 is 11.8 Å². The van der Waals surface area contributed by atoms with Crippen molar-refractivity contribution < 1.29 is 19.2 Å². The molecule has 4 amide bonds. The first-order valence-electron chi connectivity index (χ1n) is 12.3. The lowest BCUT2D eigenvalue weighted by molar-refractivity contribution is -0.135. The van der Waals surface area contributed by atoms with Crippen molar-refractivity contribution >= 4 is 62.6 Å². The van der Waals surface area contributed by atoms with Crippen LogP contribution in [0.15, 0.2) is 34.6 Å². The zero-order valence-electron chi connectivity index (χ0n) is 22.5. The third-order valence-electron chi connectivity index (χ3n) is 5.49. The number of amides is 4. The van der Waals surface area contributed by atoms with Crippen LogP contribution in [-0.2, 0) is 19.2 Å². The maximum atomic E-state index is 11.7. The van der Waals surface area contributed by atoms with Gasteiger partial charge in [0.05, 0.1) is 0 Å². The highest BCUT2D eigenvalue weighted by molar-refractivity contribution is 9.10. The van der Waals surface area contributed by atoms with Crippen molar-refractivity contribution in [2.75, 3.05) is 32.5 Å². The Morgan fingerprint density at radius 2 is 1.79 bits per heavy atom. The molecule has 212 valence electrons. The minimum atomic E-state index is -1.04. The number of rotatable bonds is 7. The van der Waals surface area contributed by atoms with Gasteiger partial charge in [0.15, 0.2) is 4.99 Å². The molecular formula is C25H40BrN7O4S. The Morgan fingerprint density at radius 3 is 2.24 bits per heavy atom. The van der Waals surface area contributed by atoms with Gasteiger partial charge in [-0.25, -0.2) is 4.98 Å². The first-order valence-corrected chi connectivity index (χ1v) is 13.5. The molecule has 0 atom stereocenters. The topological polar surface area (TPSA) is 173 Å². The molecule has 7 N–H and O–H groups in total. The molecule has 0 saturated heterocycles. The second-order valence-electron chi connectivity index (χ2n) is 8.35. The van der Waals surface area contributed by atoms with Gasteiger partial charge in [-0.2, -0.15) is 0 Å². The Bertz CT molecular complexity index is 952. The highest BCUT2D eigenvalue weighted by atomic mass is 79.9. The summed E-state index contributed by atoms with van der Waals surface area (Å²) in [6, 6.07) is 3.23.